The molecule has 3 aliphatic rings. The second-order valence-corrected chi connectivity index (χ2v) is 8.19. The monoisotopic (exact) mass is 346 g/mol. The van der Waals surface area contributed by atoms with Crippen molar-refractivity contribution in [1.82, 2.24) is 14.5 Å². The molecule has 1 aromatic rings. The maximum absolute atomic E-state index is 12.7. The first-order chi connectivity index (χ1) is 11.8. The molecular weight excluding hydrogens is 320 g/mol. The van der Waals surface area contributed by atoms with E-state index in [2.05, 4.69) is 24.0 Å². The molecule has 1 saturated carbocycles. The fourth-order valence-corrected chi connectivity index (χ4v) is 4.28. The normalized spacial score (nSPS) is 32.6. The number of fused-ring (bicyclic) bond motifs is 1. The Kier molecular flexibility index (Phi) is 3.68. The summed E-state index contributed by atoms with van der Waals surface area (Å²) in [6, 6.07) is 0.306. The topological polar surface area (TPSA) is 69.0 Å². The molecule has 4 rings (SSSR count). The highest BCUT2D eigenvalue weighted by Gasteiger charge is 2.63. The predicted molar refractivity (Wildman–Crippen MR) is 92.4 cm³/mol. The van der Waals surface area contributed by atoms with Crippen LogP contribution in [0.25, 0.3) is 0 Å². The van der Waals surface area contributed by atoms with Crippen LogP contribution < -0.4 is 0 Å². The van der Waals surface area contributed by atoms with E-state index in [-0.39, 0.29) is 12.0 Å². The number of hydrogen-bond acceptors (Lipinski definition) is 5. The highest BCUT2D eigenvalue weighted by molar-refractivity contribution is 5.97. The zero-order valence-corrected chi connectivity index (χ0v) is 15.5. The standard InChI is InChI=1S/C18H26N4O3/c1-10(2)22-8-13(19-9-22)17(23)21-6-11-12(7-21)14(11)15-16(24-5)18(3,4)25-20-15/h8-12,14,16H,6-7H2,1-5H3/t11-,12+,14?,16?. The number of nitrogens with zero attached hydrogens (tertiary/aromatic N) is 4. The number of aromatic nitrogens is 2. The fraction of sp³-hybridized carbons (Fsp3) is 0.722. The van der Waals surface area contributed by atoms with Gasteiger partial charge in [-0.25, -0.2) is 4.98 Å². The number of likely N-dealkylation sites (tertiary alicyclic amines) is 1. The van der Waals surface area contributed by atoms with Crippen molar-refractivity contribution in [3.8, 4) is 0 Å². The van der Waals surface area contributed by atoms with Gasteiger partial charge in [0.05, 0.1) is 12.0 Å². The number of hydrogen-bond donors (Lipinski definition) is 0. The molecule has 0 radical (unpaired) electrons. The SMILES string of the molecule is COC1C(C2[C@H]3CN(C(=O)c4cn(C(C)C)cn4)C[C@@H]23)=NOC1(C)C. The number of ether oxygens (including phenoxy) is 1. The molecule has 1 saturated heterocycles. The minimum Gasteiger partial charge on any atom is -0.387 e. The van der Waals surface area contributed by atoms with Gasteiger partial charge in [0.15, 0.2) is 5.60 Å². The van der Waals surface area contributed by atoms with Crippen LogP contribution >= 0.6 is 0 Å². The molecule has 7 heteroatoms. The molecule has 3 heterocycles. The van der Waals surface area contributed by atoms with Gasteiger partial charge in [0.25, 0.3) is 5.91 Å². The number of carbonyl (C=O) groups excluding carboxylic acids is 1. The zero-order chi connectivity index (χ0) is 17.9. The Morgan fingerprint density at radius 3 is 2.60 bits per heavy atom. The van der Waals surface area contributed by atoms with E-state index in [0.29, 0.717) is 29.5 Å². The minimum atomic E-state index is -0.417. The molecule has 2 aliphatic heterocycles. The average Bonchev–Trinajstić information content (AvgIpc) is 3.00. The lowest BCUT2D eigenvalue weighted by molar-refractivity contribution is -0.0616. The third kappa shape index (κ3) is 2.56. The Labute approximate surface area is 148 Å². The molecule has 0 aromatic carbocycles. The van der Waals surface area contributed by atoms with Crippen LogP contribution in [0.15, 0.2) is 17.7 Å². The third-order valence-corrected chi connectivity index (χ3v) is 5.76. The number of rotatable bonds is 4. The number of methoxy groups -OCH3 is 1. The van der Waals surface area contributed by atoms with Crippen molar-refractivity contribution < 1.29 is 14.4 Å². The summed E-state index contributed by atoms with van der Waals surface area (Å²) in [5, 5.41) is 4.31. The zero-order valence-electron chi connectivity index (χ0n) is 15.5. The molecule has 25 heavy (non-hydrogen) atoms. The molecule has 0 spiro atoms. The Bertz CT molecular complexity index is 712. The van der Waals surface area contributed by atoms with Gasteiger partial charge in [0, 0.05) is 38.4 Å². The van der Waals surface area contributed by atoms with Gasteiger partial charge in [0.1, 0.15) is 11.8 Å². The summed E-state index contributed by atoms with van der Waals surface area (Å²) in [4.78, 5) is 24.4. The summed E-state index contributed by atoms with van der Waals surface area (Å²) < 4.78 is 7.59. The summed E-state index contributed by atoms with van der Waals surface area (Å²) in [5.41, 5.74) is 1.13. The second kappa shape index (κ2) is 5.56. The molecule has 2 unspecified atom stereocenters. The van der Waals surface area contributed by atoms with E-state index in [1.54, 1.807) is 13.4 Å². The number of imidazole rings is 1. The predicted octanol–water partition coefficient (Wildman–Crippen LogP) is 1.96. The minimum absolute atomic E-state index is 0.0265. The van der Waals surface area contributed by atoms with E-state index in [1.165, 1.54) is 0 Å². The average molecular weight is 346 g/mol. The van der Waals surface area contributed by atoms with E-state index >= 15 is 0 Å². The molecular formula is C18H26N4O3. The fourth-order valence-electron chi connectivity index (χ4n) is 4.28. The van der Waals surface area contributed by atoms with Crippen molar-refractivity contribution in [2.75, 3.05) is 20.2 Å². The van der Waals surface area contributed by atoms with Crippen LogP contribution in [-0.4, -0.2) is 58.0 Å². The lowest BCUT2D eigenvalue weighted by Gasteiger charge is -2.25. The van der Waals surface area contributed by atoms with E-state index < -0.39 is 5.60 Å². The van der Waals surface area contributed by atoms with Crippen LogP contribution in [0.5, 0.6) is 0 Å². The third-order valence-electron chi connectivity index (χ3n) is 5.76. The molecule has 7 nitrogen and oxygen atoms in total. The number of amides is 1. The summed E-state index contributed by atoms with van der Waals surface area (Å²) in [5.74, 6) is 1.33. The van der Waals surface area contributed by atoms with Gasteiger partial charge in [-0.05, 0) is 39.5 Å². The first kappa shape index (κ1) is 16.6. The van der Waals surface area contributed by atoms with Crippen molar-refractivity contribution in [2.45, 2.75) is 45.4 Å². The van der Waals surface area contributed by atoms with Gasteiger partial charge < -0.3 is 19.0 Å². The molecule has 1 aliphatic carbocycles. The van der Waals surface area contributed by atoms with E-state index in [9.17, 15) is 4.79 Å². The van der Waals surface area contributed by atoms with Crippen molar-refractivity contribution in [3.63, 3.8) is 0 Å². The van der Waals surface area contributed by atoms with Crippen LogP contribution in [0.4, 0.5) is 0 Å². The molecule has 0 N–H and O–H groups in total. The summed E-state index contributed by atoms with van der Waals surface area (Å²) in [7, 11) is 1.70. The van der Waals surface area contributed by atoms with Crippen molar-refractivity contribution >= 4 is 11.6 Å². The van der Waals surface area contributed by atoms with Gasteiger partial charge in [0.2, 0.25) is 0 Å². The van der Waals surface area contributed by atoms with Crippen LogP contribution in [-0.2, 0) is 9.57 Å². The molecule has 136 valence electrons. The quantitative estimate of drug-likeness (QED) is 0.836. The maximum Gasteiger partial charge on any atom is 0.274 e. The lowest BCUT2D eigenvalue weighted by Crippen LogP contribution is -2.41. The van der Waals surface area contributed by atoms with Crippen molar-refractivity contribution in [1.29, 1.82) is 0 Å². The van der Waals surface area contributed by atoms with Gasteiger partial charge in [-0.3, -0.25) is 4.79 Å². The number of piperidine rings is 1. The molecule has 0 bridgehead atoms. The summed E-state index contributed by atoms with van der Waals surface area (Å²) in [6.45, 7) is 9.66. The van der Waals surface area contributed by atoms with Crippen LogP contribution in [0, 0.1) is 17.8 Å². The van der Waals surface area contributed by atoms with Crippen LogP contribution in [0.3, 0.4) is 0 Å². The largest absolute Gasteiger partial charge is 0.387 e. The van der Waals surface area contributed by atoms with Crippen LogP contribution in [0.1, 0.15) is 44.2 Å². The highest BCUT2D eigenvalue weighted by Crippen LogP contribution is 2.55. The Morgan fingerprint density at radius 1 is 1.36 bits per heavy atom. The van der Waals surface area contributed by atoms with Gasteiger partial charge >= 0.3 is 0 Å². The summed E-state index contributed by atoms with van der Waals surface area (Å²) in [6.07, 6.45) is 3.47. The Morgan fingerprint density at radius 2 is 2.04 bits per heavy atom. The Balaban J connectivity index is 1.40. The first-order valence-electron chi connectivity index (χ1n) is 8.95. The van der Waals surface area contributed by atoms with Gasteiger partial charge in [-0.15, -0.1) is 0 Å². The Hall–Kier alpha value is -1.89. The molecule has 1 amide bonds. The number of oxime groups is 1. The van der Waals surface area contributed by atoms with E-state index in [4.69, 9.17) is 9.57 Å². The van der Waals surface area contributed by atoms with Crippen molar-refractivity contribution in [2.24, 2.45) is 22.9 Å². The van der Waals surface area contributed by atoms with Crippen LogP contribution in [0.2, 0.25) is 0 Å². The van der Waals surface area contributed by atoms with Gasteiger partial charge in [-0.2, -0.15) is 0 Å². The van der Waals surface area contributed by atoms with E-state index in [1.807, 2.05) is 29.5 Å². The van der Waals surface area contributed by atoms with E-state index in [0.717, 1.165) is 18.8 Å². The van der Waals surface area contributed by atoms with Crippen molar-refractivity contribution in [3.05, 3.63) is 18.2 Å². The molecule has 4 atom stereocenters. The second-order valence-electron chi connectivity index (χ2n) is 8.19. The summed E-state index contributed by atoms with van der Waals surface area (Å²) >= 11 is 0. The highest BCUT2D eigenvalue weighted by atomic mass is 16.7. The first-order valence-corrected chi connectivity index (χ1v) is 8.95. The number of carbonyl (C=O) groups is 1. The van der Waals surface area contributed by atoms with Gasteiger partial charge in [-0.1, -0.05) is 5.16 Å². The molecule has 2 fully saturated rings. The molecule has 1 aromatic heterocycles. The smallest absolute Gasteiger partial charge is 0.274 e. The maximum atomic E-state index is 12.7. The lowest BCUT2D eigenvalue weighted by atomic mass is 9.94.